The van der Waals surface area contributed by atoms with Gasteiger partial charge < -0.3 is 5.32 Å². The van der Waals surface area contributed by atoms with Crippen LogP contribution in [-0.4, -0.2) is 23.9 Å². The molecule has 1 aliphatic rings. The molecule has 26 heavy (non-hydrogen) atoms. The van der Waals surface area contributed by atoms with E-state index in [2.05, 4.69) is 10.2 Å². The van der Waals surface area contributed by atoms with Crippen molar-refractivity contribution in [3.05, 3.63) is 71.0 Å². The van der Waals surface area contributed by atoms with Crippen LogP contribution in [-0.2, 0) is 6.54 Å². The lowest BCUT2D eigenvalue weighted by Crippen LogP contribution is -2.27. The molecule has 0 aromatic heterocycles. The standard InChI is InChI=1S/C22H27FN2O/c1-17(19-10-12-21(23)13-11-19)24-22(26)20-8-6-18(7-9-20)16-25-14-4-2-3-5-15-25/h6-13,17H,2-5,14-16H2,1H3,(H,24,26)/t17-/m0/s1. The maximum Gasteiger partial charge on any atom is 0.251 e. The van der Waals surface area contributed by atoms with Gasteiger partial charge in [0.25, 0.3) is 5.91 Å². The first-order valence-corrected chi connectivity index (χ1v) is 9.49. The van der Waals surface area contributed by atoms with Gasteiger partial charge in [0.05, 0.1) is 6.04 Å². The minimum Gasteiger partial charge on any atom is -0.346 e. The third-order valence-corrected chi connectivity index (χ3v) is 5.04. The molecule has 1 N–H and O–H groups in total. The predicted molar refractivity (Wildman–Crippen MR) is 102 cm³/mol. The number of carbonyl (C=O) groups is 1. The molecule has 0 unspecified atom stereocenters. The number of nitrogens with one attached hydrogen (secondary N) is 1. The smallest absolute Gasteiger partial charge is 0.251 e. The Bertz CT molecular complexity index is 704. The fourth-order valence-corrected chi connectivity index (χ4v) is 3.43. The lowest BCUT2D eigenvalue weighted by Gasteiger charge is -2.20. The third kappa shape index (κ3) is 5.15. The second-order valence-electron chi connectivity index (χ2n) is 7.13. The van der Waals surface area contributed by atoms with E-state index in [1.54, 1.807) is 12.1 Å². The van der Waals surface area contributed by atoms with Crippen LogP contribution in [0.1, 0.15) is 60.1 Å². The average Bonchev–Trinajstić information content (AvgIpc) is 2.91. The van der Waals surface area contributed by atoms with Crippen LogP contribution in [0.2, 0.25) is 0 Å². The minimum absolute atomic E-state index is 0.108. The predicted octanol–water partition coefficient (Wildman–Crippen LogP) is 4.69. The Hall–Kier alpha value is -2.20. The molecule has 2 aromatic carbocycles. The Balaban J connectivity index is 1.56. The molecular formula is C22H27FN2O. The lowest BCUT2D eigenvalue weighted by atomic mass is 10.1. The molecule has 0 aliphatic carbocycles. The molecular weight excluding hydrogens is 327 g/mol. The topological polar surface area (TPSA) is 32.3 Å². The van der Waals surface area contributed by atoms with E-state index in [1.165, 1.54) is 43.4 Å². The van der Waals surface area contributed by atoms with Crippen molar-refractivity contribution >= 4 is 5.91 Å². The van der Waals surface area contributed by atoms with E-state index in [0.29, 0.717) is 5.56 Å². The van der Waals surface area contributed by atoms with Gasteiger partial charge in [0.1, 0.15) is 5.82 Å². The summed E-state index contributed by atoms with van der Waals surface area (Å²) in [7, 11) is 0. The van der Waals surface area contributed by atoms with Crippen molar-refractivity contribution in [2.75, 3.05) is 13.1 Å². The van der Waals surface area contributed by atoms with Gasteiger partial charge in [0.15, 0.2) is 0 Å². The van der Waals surface area contributed by atoms with Gasteiger partial charge in [0.2, 0.25) is 0 Å². The van der Waals surface area contributed by atoms with Crippen LogP contribution >= 0.6 is 0 Å². The molecule has 3 rings (SSSR count). The van der Waals surface area contributed by atoms with Crippen molar-refractivity contribution in [1.29, 1.82) is 0 Å². The van der Waals surface area contributed by atoms with E-state index in [4.69, 9.17) is 0 Å². The summed E-state index contributed by atoms with van der Waals surface area (Å²) in [6, 6.07) is 13.9. The second-order valence-corrected chi connectivity index (χ2v) is 7.13. The number of nitrogens with zero attached hydrogens (tertiary/aromatic N) is 1. The highest BCUT2D eigenvalue weighted by atomic mass is 19.1. The largest absolute Gasteiger partial charge is 0.346 e. The van der Waals surface area contributed by atoms with E-state index < -0.39 is 0 Å². The fraction of sp³-hybridized carbons (Fsp3) is 0.409. The molecule has 3 nitrogen and oxygen atoms in total. The summed E-state index contributed by atoms with van der Waals surface area (Å²) >= 11 is 0. The number of hydrogen-bond donors (Lipinski definition) is 1. The van der Waals surface area contributed by atoms with E-state index in [9.17, 15) is 9.18 Å². The molecule has 1 saturated heterocycles. The van der Waals surface area contributed by atoms with E-state index in [1.807, 2.05) is 31.2 Å². The lowest BCUT2D eigenvalue weighted by molar-refractivity contribution is 0.0940. The molecule has 1 fully saturated rings. The summed E-state index contributed by atoms with van der Waals surface area (Å²) < 4.78 is 13.0. The number of halogens is 1. The van der Waals surface area contributed by atoms with Gasteiger partial charge in [-0.2, -0.15) is 0 Å². The van der Waals surface area contributed by atoms with Crippen molar-refractivity contribution in [1.82, 2.24) is 10.2 Å². The van der Waals surface area contributed by atoms with Gasteiger partial charge >= 0.3 is 0 Å². The van der Waals surface area contributed by atoms with E-state index in [0.717, 1.165) is 25.2 Å². The molecule has 1 aliphatic heterocycles. The van der Waals surface area contributed by atoms with E-state index >= 15 is 0 Å². The van der Waals surface area contributed by atoms with Crippen LogP contribution in [0.4, 0.5) is 4.39 Å². The highest BCUT2D eigenvalue weighted by molar-refractivity contribution is 5.94. The number of amides is 1. The van der Waals surface area contributed by atoms with Gasteiger partial charge in [-0.05, 0) is 68.2 Å². The first kappa shape index (κ1) is 18.6. The maximum absolute atomic E-state index is 13.0. The van der Waals surface area contributed by atoms with Gasteiger partial charge in [-0.25, -0.2) is 4.39 Å². The normalized spacial score (nSPS) is 16.7. The Morgan fingerprint density at radius 2 is 1.62 bits per heavy atom. The van der Waals surface area contributed by atoms with Crippen molar-refractivity contribution in [2.24, 2.45) is 0 Å². The third-order valence-electron chi connectivity index (χ3n) is 5.04. The Morgan fingerprint density at radius 1 is 1.00 bits per heavy atom. The van der Waals surface area contributed by atoms with Crippen LogP contribution in [0.15, 0.2) is 48.5 Å². The molecule has 4 heteroatoms. The zero-order chi connectivity index (χ0) is 18.4. The summed E-state index contributed by atoms with van der Waals surface area (Å²) in [5.41, 5.74) is 2.78. The minimum atomic E-state index is -0.271. The van der Waals surface area contributed by atoms with E-state index in [-0.39, 0.29) is 17.8 Å². The molecule has 138 valence electrons. The van der Waals surface area contributed by atoms with Gasteiger partial charge in [-0.1, -0.05) is 37.1 Å². The molecule has 1 atom stereocenters. The van der Waals surface area contributed by atoms with Crippen molar-refractivity contribution in [3.63, 3.8) is 0 Å². The Kier molecular flexibility index (Phi) is 6.40. The molecule has 2 aromatic rings. The average molecular weight is 354 g/mol. The summed E-state index contributed by atoms with van der Waals surface area (Å²) in [6.45, 7) is 5.18. The number of carbonyl (C=O) groups excluding carboxylic acids is 1. The summed E-state index contributed by atoms with van der Waals surface area (Å²) in [6.07, 6.45) is 5.23. The Morgan fingerprint density at radius 3 is 2.23 bits per heavy atom. The van der Waals surface area contributed by atoms with Gasteiger partial charge in [-0.3, -0.25) is 9.69 Å². The molecule has 0 spiro atoms. The monoisotopic (exact) mass is 354 g/mol. The van der Waals surface area contributed by atoms with Crippen LogP contribution in [0, 0.1) is 5.82 Å². The molecule has 1 amide bonds. The van der Waals surface area contributed by atoms with Crippen molar-refractivity contribution in [3.8, 4) is 0 Å². The van der Waals surface area contributed by atoms with Gasteiger partial charge in [0, 0.05) is 12.1 Å². The zero-order valence-corrected chi connectivity index (χ0v) is 15.4. The highest BCUT2D eigenvalue weighted by Gasteiger charge is 2.13. The summed E-state index contributed by atoms with van der Waals surface area (Å²) in [4.78, 5) is 14.9. The zero-order valence-electron chi connectivity index (χ0n) is 15.4. The first-order chi connectivity index (χ1) is 12.6. The summed E-state index contributed by atoms with van der Waals surface area (Å²) in [5, 5.41) is 2.97. The summed E-state index contributed by atoms with van der Waals surface area (Å²) in [5.74, 6) is -0.379. The number of hydrogen-bond acceptors (Lipinski definition) is 2. The van der Waals surface area contributed by atoms with Crippen LogP contribution < -0.4 is 5.32 Å². The van der Waals surface area contributed by atoms with Crippen LogP contribution in [0.3, 0.4) is 0 Å². The van der Waals surface area contributed by atoms with Crippen LogP contribution in [0.25, 0.3) is 0 Å². The van der Waals surface area contributed by atoms with Crippen molar-refractivity contribution in [2.45, 2.75) is 45.2 Å². The second kappa shape index (κ2) is 8.95. The number of likely N-dealkylation sites (tertiary alicyclic amines) is 1. The fourth-order valence-electron chi connectivity index (χ4n) is 3.43. The van der Waals surface area contributed by atoms with Crippen molar-refractivity contribution < 1.29 is 9.18 Å². The van der Waals surface area contributed by atoms with Gasteiger partial charge in [-0.15, -0.1) is 0 Å². The molecule has 0 bridgehead atoms. The molecule has 0 radical (unpaired) electrons. The quantitative estimate of drug-likeness (QED) is 0.845. The molecule has 1 heterocycles. The van der Waals surface area contributed by atoms with Crippen LogP contribution in [0.5, 0.6) is 0 Å². The maximum atomic E-state index is 13.0. The Labute approximate surface area is 155 Å². The SMILES string of the molecule is C[C@H](NC(=O)c1ccc(CN2CCCCCC2)cc1)c1ccc(F)cc1. The molecule has 0 saturated carbocycles. The number of benzene rings is 2. The number of rotatable bonds is 5. The highest BCUT2D eigenvalue weighted by Crippen LogP contribution is 2.16. The first-order valence-electron chi connectivity index (χ1n) is 9.49.